The van der Waals surface area contributed by atoms with Crippen LogP contribution in [-0.4, -0.2) is 18.4 Å². The van der Waals surface area contributed by atoms with Gasteiger partial charge in [0.2, 0.25) is 5.91 Å². The number of anilines is 1. The van der Waals surface area contributed by atoms with Gasteiger partial charge in [-0.2, -0.15) is 0 Å². The van der Waals surface area contributed by atoms with E-state index >= 15 is 0 Å². The summed E-state index contributed by atoms with van der Waals surface area (Å²) in [5, 5.41) is 5.86. The van der Waals surface area contributed by atoms with Crippen molar-refractivity contribution in [1.29, 1.82) is 0 Å². The second-order valence-corrected chi connectivity index (χ2v) is 6.88. The van der Waals surface area contributed by atoms with E-state index in [1.165, 1.54) is 5.56 Å². The van der Waals surface area contributed by atoms with Crippen LogP contribution in [0.5, 0.6) is 11.5 Å². The molecule has 148 valence electrons. The molecule has 0 aliphatic rings. The zero-order valence-corrected chi connectivity index (χ0v) is 16.7. The highest BCUT2D eigenvalue weighted by molar-refractivity contribution is 6.33. The molecule has 0 atom stereocenters. The number of rotatable bonds is 7. The molecule has 0 aliphatic carbocycles. The van der Waals surface area contributed by atoms with Crippen LogP contribution in [0.2, 0.25) is 5.02 Å². The largest absolute Gasteiger partial charge is 0.457 e. The van der Waals surface area contributed by atoms with Crippen molar-refractivity contribution in [1.82, 2.24) is 5.32 Å². The minimum absolute atomic E-state index is 0.151. The van der Waals surface area contributed by atoms with Crippen molar-refractivity contribution < 1.29 is 14.3 Å². The average molecular weight is 409 g/mol. The first-order valence-electron chi connectivity index (χ1n) is 9.18. The van der Waals surface area contributed by atoms with Crippen LogP contribution >= 0.6 is 11.6 Å². The number of ether oxygens (including phenoxy) is 1. The first kappa shape index (κ1) is 20.4. The predicted molar refractivity (Wildman–Crippen MR) is 115 cm³/mol. The first-order chi connectivity index (χ1) is 14.0. The third-order valence-corrected chi connectivity index (χ3v) is 4.48. The van der Waals surface area contributed by atoms with E-state index in [4.69, 9.17) is 16.3 Å². The van der Waals surface area contributed by atoms with Crippen LogP contribution < -0.4 is 15.4 Å². The van der Waals surface area contributed by atoms with Gasteiger partial charge in [0.15, 0.2) is 0 Å². The second kappa shape index (κ2) is 9.75. The molecule has 0 fully saturated rings. The molecule has 5 nitrogen and oxygen atoms in total. The fraction of sp³-hybridized carbons (Fsp3) is 0.130. The van der Waals surface area contributed by atoms with Crippen molar-refractivity contribution >= 4 is 29.1 Å². The zero-order valence-electron chi connectivity index (χ0n) is 15.9. The number of aryl methyl sites for hydroxylation is 1. The summed E-state index contributed by atoms with van der Waals surface area (Å²) in [6, 6.07) is 21.7. The van der Waals surface area contributed by atoms with Crippen LogP contribution in [0.15, 0.2) is 72.8 Å². The number of hydrogen-bond acceptors (Lipinski definition) is 3. The van der Waals surface area contributed by atoms with Gasteiger partial charge in [0.25, 0.3) is 5.91 Å². The average Bonchev–Trinajstić information content (AvgIpc) is 2.71. The van der Waals surface area contributed by atoms with E-state index in [1.807, 2.05) is 31.2 Å². The highest BCUT2D eigenvalue weighted by Gasteiger charge is 2.10. The molecule has 0 bridgehead atoms. The lowest BCUT2D eigenvalue weighted by Gasteiger charge is -2.09. The minimum atomic E-state index is -0.305. The Bertz CT molecular complexity index is 986. The van der Waals surface area contributed by atoms with Crippen molar-refractivity contribution in [2.45, 2.75) is 13.3 Å². The summed E-state index contributed by atoms with van der Waals surface area (Å²) in [6.45, 7) is 2.23. The van der Waals surface area contributed by atoms with E-state index < -0.39 is 0 Å². The SMILES string of the molecule is Cc1ccc(Oc2ccc(NC(=O)CCNC(=O)c3ccccc3Cl)cc2)cc1. The molecule has 3 rings (SSSR count). The number of hydrogen-bond donors (Lipinski definition) is 2. The van der Waals surface area contributed by atoms with E-state index in [1.54, 1.807) is 48.5 Å². The molecular formula is C23H21ClN2O3. The number of amides is 2. The maximum Gasteiger partial charge on any atom is 0.252 e. The summed E-state index contributed by atoms with van der Waals surface area (Å²) in [5.41, 5.74) is 2.21. The molecule has 29 heavy (non-hydrogen) atoms. The minimum Gasteiger partial charge on any atom is -0.457 e. The highest BCUT2D eigenvalue weighted by atomic mass is 35.5. The quantitative estimate of drug-likeness (QED) is 0.564. The molecule has 0 aliphatic heterocycles. The second-order valence-electron chi connectivity index (χ2n) is 6.47. The molecule has 0 unspecified atom stereocenters. The summed E-state index contributed by atoms with van der Waals surface area (Å²) in [7, 11) is 0. The molecule has 0 spiro atoms. The van der Waals surface area contributed by atoms with Crippen LogP contribution in [0.1, 0.15) is 22.3 Å². The third-order valence-electron chi connectivity index (χ3n) is 4.15. The molecule has 0 heterocycles. The number of carbonyl (C=O) groups excluding carboxylic acids is 2. The van der Waals surface area contributed by atoms with Gasteiger partial charge in [0, 0.05) is 18.7 Å². The van der Waals surface area contributed by atoms with Crippen molar-refractivity contribution in [3.05, 3.63) is 88.9 Å². The van der Waals surface area contributed by atoms with Gasteiger partial charge < -0.3 is 15.4 Å². The lowest BCUT2D eigenvalue weighted by molar-refractivity contribution is -0.116. The third kappa shape index (κ3) is 6.09. The van der Waals surface area contributed by atoms with E-state index in [-0.39, 0.29) is 24.8 Å². The van der Waals surface area contributed by atoms with Crippen molar-refractivity contribution in [3.63, 3.8) is 0 Å². The predicted octanol–water partition coefficient (Wildman–Crippen LogP) is 5.20. The van der Waals surface area contributed by atoms with Gasteiger partial charge in [0.05, 0.1) is 10.6 Å². The lowest BCUT2D eigenvalue weighted by atomic mass is 10.2. The zero-order chi connectivity index (χ0) is 20.6. The van der Waals surface area contributed by atoms with Crippen molar-refractivity contribution in [2.75, 3.05) is 11.9 Å². The van der Waals surface area contributed by atoms with Crippen molar-refractivity contribution in [3.8, 4) is 11.5 Å². The lowest BCUT2D eigenvalue weighted by Crippen LogP contribution is -2.27. The molecule has 3 aromatic carbocycles. The van der Waals surface area contributed by atoms with Gasteiger partial charge in [-0.1, -0.05) is 41.4 Å². The standard InChI is InChI=1S/C23H21ClN2O3/c1-16-6-10-18(11-7-16)29-19-12-8-17(9-13-19)26-22(27)14-15-25-23(28)20-4-2-3-5-21(20)24/h2-13H,14-15H2,1H3,(H,25,28)(H,26,27). The number of carbonyl (C=O) groups is 2. The molecule has 2 N–H and O–H groups in total. The summed E-state index contributed by atoms with van der Waals surface area (Å²) in [6.07, 6.45) is 0.151. The molecule has 3 aromatic rings. The first-order valence-corrected chi connectivity index (χ1v) is 9.56. The number of halogens is 1. The van der Waals surface area contributed by atoms with E-state index in [9.17, 15) is 9.59 Å². The highest BCUT2D eigenvalue weighted by Crippen LogP contribution is 2.23. The number of benzene rings is 3. The van der Waals surface area contributed by atoms with Gasteiger partial charge in [-0.25, -0.2) is 0 Å². The topological polar surface area (TPSA) is 67.4 Å². The van der Waals surface area contributed by atoms with E-state index in [0.29, 0.717) is 22.0 Å². The van der Waals surface area contributed by atoms with Gasteiger partial charge in [-0.15, -0.1) is 0 Å². The summed E-state index contributed by atoms with van der Waals surface area (Å²) < 4.78 is 5.77. The number of nitrogens with one attached hydrogen (secondary N) is 2. The molecule has 0 aromatic heterocycles. The van der Waals surface area contributed by atoms with Gasteiger partial charge >= 0.3 is 0 Å². The molecule has 0 saturated carbocycles. The Morgan fingerprint density at radius 2 is 1.52 bits per heavy atom. The summed E-state index contributed by atoms with van der Waals surface area (Å²) in [5.74, 6) is 0.929. The molecule has 2 amide bonds. The Balaban J connectivity index is 1.45. The maximum absolute atomic E-state index is 12.1. The Morgan fingerprint density at radius 1 is 0.897 bits per heavy atom. The van der Waals surface area contributed by atoms with Crippen LogP contribution in [0.3, 0.4) is 0 Å². The van der Waals surface area contributed by atoms with E-state index in [0.717, 1.165) is 5.75 Å². The fourth-order valence-corrected chi connectivity index (χ4v) is 2.82. The van der Waals surface area contributed by atoms with E-state index in [2.05, 4.69) is 10.6 Å². The van der Waals surface area contributed by atoms with Crippen LogP contribution in [0, 0.1) is 6.92 Å². The Hall–Kier alpha value is -3.31. The fourth-order valence-electron chi connectivity index (χ4n) is 2.60. The maximum atomic E-state index is 12.1. The Kier molecular flexibility index (Phi) is 6.87. The van der Waals surface area contributed by atoms with Gasteiger partial charge in [0.1, 0.15) is 11.5 Å². The van der Waals surface area contributed by atoms with Crippen molar-refractivity contribution in [2.24, 2.45) is 0 Å². The van der Waals surface area contributed by atoms with Crippen LogP contribution in [-0.2, 0) is 4.79 Å². The smallest absolute Gasteiger partial charge is 0.252 e. The molecule has 6 heteroatoms. The van der Waals surface area contributed by atoms with Gasteiger partial charge in [-0.05, 0) is 55.5 Å². The van der Waals surface area contributed by atoms with Crippen LogP contribution in [0.25, 0.3) is 0 Å². The molecular weight excluding hydrogens is 388 g/mol. The molecule has 0 saturated heterocycles. The Morgan fingerprint density at radius 3 is 2.17 bits per heavy atom. The van der Waals surface area contributed by atoms with Gasteiger partial charge in [-0.3, -0.25) is 9.59 Å². The van der Waals surface area contributed by atoms with Crippen LogP contribution in [0.4, 0.5) is 5.69 Å². The summed E-state index contributed by atoms with van der Waals surface area (Å²) >= 11 is 5.99. The summed E-state index contributed by atoms with van der Waals surface area (Å²) in [4.78, 5) is 24.2. The normalized spacial score (nSPS) is 10.3. The molecule has 0 radical (unpaired) electrons. The Labute approximate surface area is 174 Å². The monoisotopic (exact) mass is 408 g/mol.